The summed E-state index contributed by atoms with van der Waals surface area (Å²) in [5, 5.41) is 13.4. The van der Waals surface area contributed by atoms with Crippen molar-refractivity contribution in [2.45, 2.75) is 38.6 Å². The molecule has 1 heterocycles. The molecular formula is C18H23N3O6. The van der Waals surface area contributed by atoms with Crippen LogP contribution in [0.4, 0.5) is 5.69 Å². The lowest BCUT2D eigenvalue weighted by Gasteiger charge is -2.34. The van der Waals surface area contributed by atoms with Crippen LogP contribution in [-0.2, 0) is 14.3 Å². The summed E-state index contributed by atoms with van der Waals surface area (Å²) in [6, 6.07) is 4.18. The highest BCUT2D eigenvalue weighted by molar-refractivity contribution is 5.99. The molecule has 0 bridgehead atoms. The minimum Gasteiger partial charge on any atom is -0.466 e. The van der Waals surface area contributed by atoms with E-state index in [9.17, 15) is 24.5 Å². The van der Waals surface area contributed by atoms with E-state index in [4.69, 9.17) is 4.74 Å². The number of hydrogen-bond acceptors (Lipinski definition) is 6. The van der Waals surface area contributed by atoms with Crippen LogP contribution in [0, 0.1) is 10.1 Å². The number of piperazine rings is 1. The van der Waals surface area contributed by atoms with Crippen molar-refractivity contribution in [1.82, 2.24) is 10.2 Å². The first-order valence-electron chi connectivity index (χ1n) is 8.92. The maximum atomic E-state index is 12.7. The summed E-state index contributed by atoms with van der Waals surface area (Å²) in [5.41, 5.74) is 0.0896. The van der Waals surface area contributed by atoms with Crippen LogP contribution < -0.4 is 5.32 Å². The molecule has 0 aromatic heterocycles. The second kappa shape index (κ2) is 9.65. The monoisotopic (exact) mass is 377 g/mol. The molecule has 1 aliphatic heterocycles. The molecule has 1 atom stereocenters. The number of benzene rings is 1. The summed E-state index contributed by atoms with van der Waals surface area (Å²) < 4.78 is 5.14. The van der Waals surface area contributed by atoms with E-state index < -0.39 is 28.7 Å². The number of nitro groups is 1. The third-order valence-electron chi connectivity index (χ3n) is 4.29. The number of nitrogens with zero attached hydrogens (tertiary/aromatic N) is 2. The number of carbonyl (C=O) groups excluding carboxylic acids is 3. The maximum Gasteiger partial charge on any atom is 0.308 e. The van der Waals surface area contributed by atoms with Gasteiger partial charge in [-0.15, -0.1) is 0 Å². The van der Waals surface area contributed by atoms with E-state index in [2.05, 4.69) is 5.32 Å². The van der Waals surface area contributed by atoms with Gasteiger partial charge in [0.1, 0.15) is 6.04 Å². The molecule has 146 valence electrons. The van der Waals surface area contributed by atoms with E-state index in [0.717, 1.165) is 19.3 Å². The fourth-order valence-corrected chi connectivity index (χ4v) is 2.81. The van der Waals surface area contributed by atoms with E-state index in [0.29, 0.717) is 0 Å². The minimum atomic E-state index is -0.958. The Morgan fingerprint density at radius 3 is 2.63 bits per heavy atom. The van der Waals surface area contributed by atoms with Crippen LogP contribution in [0.1, 0.15) is 43.0 Å². The lowest BCUT2D eigenvalue weighted by atomic mass is 10.1. The first-order valence-corrected chi connectivity index (χ1v) is 8.92. The molecule has 1 N–H and O–H groups in total. The molecule has 0 saturated carbocycles. The molecule has 2 amide bonds. The number of unbranched alkanes of at least 4 members (excludes halogenated alkanes) is 2. The summed E-state index contributed by atoms with van der Waals surface area (Å²) in [6.07, 6.45) is 2.48. The average Bonchev–Trinajstić information content (AvgIpc) is 2.66. The SMILES string of the molecule is CCCCCOC(=O)CC1C(=O)NCCN1C(=O)c1ccc([N+](=O)[O-])cc1. The van der Waals surface area contributed by atoms with Crippen molar-refractivity contribution in [1.29, 1.82) is 0 Å². The smallest absolute Gasteiger partial charge is 0.308 e. The lowest BCUT2D eigenvalue weighted by Crippen LogP contribution is -2.57. The fraction of sp³-hybridized carbons (Fsp3) is 0.500. The molecule has 1 fully saturated rings. The summed E-state index contributed by atoms with van der Waals surface area (Å²) >= 11 is 0. The second-order valence-corrected chi connectivity index (χ2v) is 6.24. The molecule has 1 aromatic carbocycles. The van der Waals surface area contributed by atoms with E-state index in [1.165, 1.54) is 29.2 Å². The van der Waals surface area contributed by atoms with Gasteiger partial charge in [-0.25, -0.2) is 0 Å². The van der Waals surface area contributed by atoms with Crippen LogP contribution >= 0.6 is 0 Å². The Morgan fingerprint density at radius 2 is 2.00 bits per heavy atom. The molecule has 0 aliphatic carbocycles. The number of hydrogen-bond donors (Lipinski definition) is 1. The van der Waals surface area contributed by atoms with Crippen LogP contribution in [0.3, 0.4) is 0 Å². The van der Waals surface area contributed by atoms with Gasteiger partial charge in [-0.1, -0.05) is 19.8 Å². The summed E-state index contributed by atoms with van der Waals surface area (Å²) in [7, 11) is 0. The number of rotatable bonds is 8. The molecule has 1 aromatic rings. The number of amides is 2. The molecule has 27 heavy (non-hydrogen) atoms. The Morgan fingerprint density at radius 1 is 1.30 bits per heavy atom. The quantitative estimate of drug-likeness (QED) is 0.318. The van der Waals surface area contributed by atoms with Gasteiger partial charge in [-0.2, -0.15) is 0 Å². The molecule has 0 radical (unpaired) electrons. The second-order valence-electron chi connectivity index (χ2n) is 6.24. The number of esters is 1. The van der Waals surface area contributed by atoms with Gasteiger partial charge in [0, 0.05) is 30.8 Å². The van der Waals surface area contributed by atoms with Gasteiger partial charge in [0.15, 0.2) is 0 Å². The number of nitro benzene ring substituents is 1. The number of non-ortho nitro benzene ring substituents is 1. The Kier molecular flexibility index (Phi) is 7.27. The van der Waals surface area contributed by atoms with Crippen molar-refractivity contribution >= 4 is 23.5 Å². The predicted octanol–water partition coefficient (Wildman–Crippen LogP) is 1.66. The lowest BCUT2D eigenvalue weighted by molar-refractivity contribution is -0.384. The zero-order chi connectivity index (χ0) is 19.8. The zero-order valence-corrected chi connectivity index (χ0v) is 15.2. The van der Waals surface area contributed by atoms with E-state index in [1.807, 2.05) is 6.92 Å². The Bertz CT molecular complexity index is 704. The largest absolute Gasteiger partial charge is 0.466 e. The van der Waals surface area contributed by atoms with Gasteiger partial charge in [0.05, 0.1) is 18.0 Å². The standard InChI is InChI=1S/C18H23N3O6/c1-2-3-4-11-27-16(22)12-15-17(23)19-9-10-20(15)18(24)13-5-7-14(8-6-13)21(25)26/h5-8,15H,2-4,9-12H2,1H3,(H,19,23). The maximum absolute atomic E-state index is 12.7. The normalized spacial score (nSPS) is 16.6. The van der Waals surface area contributed by atoms with Gasteiger partial charge in [-0.05, 0) is 18.6 Å². The van der Waals surface area contributed by atoms with Crippen molar-refractivity contribution in [2.75, 3.05) is 19.7 Å². The van der Waals surface area contributed by atoms with E-state index in [1.54, 1.807) is 0 Å². The van der Waals surface area contributed by atoms with Gasteiger partial charge in [0.25, 0.3) is 11.6 Å². The molecule has 9 nitrogen and oxygen atoms in total. The Labute approximate surface area is 156 Å². The van der Waals surface area contributed by atoms with E-state index in [-0.39, 0.29) is 37.4 Å². The number of nitrogens with one attached hydrogen (secondary N) is 1. The Hall–Kier alpha value is -2.97. The molecule has 1 unspecified atom stereocenters. The average molecular weight is 377 g/mol. The van der Waals surface area contributed by atoms with Crippen molar-refractivity contribution in [3.8, 4) is 0 Å². The molecule has 1 aliphatic rings. The molecule has 0 spiro atoms. The van der Waals surface area contributed by atoms with Gasteiger partial charge < -0.3 is 15.0 Å². The minimum absolute atomic E-state index is 0.129. The predicted molar refractivity (Wildman–Crippen MR) is 96.0 cm³/mol. The highest BCUT2D eigenvalue weighted by Crippen LogP contribution is 2.17. The van der Waals surface area contributed by atoms with Crippen molar-refractivity contribution < 1.29 is 24.0 Å². The summed E-state index contributed by atoms with van der Waals surface area (Å²) in [4.78, 5) is 48.5. The van der Waals surface area contributed by atoms with Crippen LogP contribution in [0.5, 0.6) is 0 Å². The number of ether oxygens (including phenoxy) is 1. The van der Waals surface area contributed by atoms with Crippen LogP contribution in [-0.4, -0.2) is 53.3 Å². The van der Waals surface area contributed by atoms with Gasteiger partial charge in [0.2, 0.25) is 5.91 Å². The highest BCUT2D eigenvalue weighted by Gasteiger charge is 2.35. The van der Waals surface area contributed by atoms with Crippen molar-refractivity contribution in [3.05, 3.63) is 39.9 Å². The summed E-state index contributed by atoms with van der Waals surface area (Å²) in [6.45, 7) is 2.85. The topological polar surface area (TPSA) is 119 Å². The Balaban J connectivity index is 2.05. The molecular weight excluding hydrogens is 354 g/mol. The van der Waals surface area contributed by atoms with Crippen LogP contribution in [0.2, 0.25) is 0 Å². The summed E-state index contributed by atoms with van der Waals surface area (Å²) in [5.74, 6) is -1.40. The van der Waals surface area contributed by atoms with Gasteiger partial charge in [-0.3, -0.25) is 24.5 Å². The third-order valence-corrected chi connectivity index (χ3v) is 4.29. The molecule has 1 saturated heterocycles. The van der Waals surface area contributed by atoms with Crippen LogP contribution in [0.25, 0.3) is 0 Å². The van der Waals surface area contributed by atoms with E-state index >= 15 is 0 Å². The van der Waals surface area contributed by atoms with Crippen molar-refractivity contribution in [2.24, 2.45) is 0 Å². The highest BCUT2D eigenvalue weighted by atomic mass is 16.6. The zero-order valence-electron chi connectivity index (χ0n) is 15.2. The fourth-order valence-electron chi connectivity index (χ4n) is 2.81. The first kappa shape index (κ1) is 20.3. The molecule has 2 rings (SSSR count). The molecule has 9 heteroatoms. The first-order chi connectivity index (χ1) is 12.9. The van der Waals surface area contributed by atoms with Crippen LogP contribution in [0.15, 0.2) is 24.3 Å². The third kappa shape index (κ3) is 5.50. The van der Waals surface area contributed by atoms with Gasteiger partial charge >= 0.3 is 5.97 Å². The van der Waals surface area contributed by atoms with Crippen molar-refractivity contribution in [3.63, 3.8) is 0 Å². The number of carbonyl (C=O) groups is 3.